The van der Waals surface area contributed by atoms with E-state index in [-0.39, 0.29) is 0 Å². The molecule has 0 unspecified atom stereocenters. The van der Waals surface area contributed by atoms with Crippen LogP contribution in [0.25, 0.3) is 0 Å². The Kier molecular flexibility index (Phi) is 4.34. The molecule has 94 valence electrons. The first-order chi connectivity index (χ1) is 8.90. The fourth-order valence-corrected chi connectivity index (χ4v) is 2.38. The first kappa shape index (κ1) is 11.1. The van der Waals surface area contributed by atoms with Gasteiger partial charge in [0, 0.05) is 33.2 Å². The number of unbranched alkanes of at least 4 members (excludes halogenated alkanes) is 2. The SMILES string of the molecule is [2H]CCCCCN1CCN(c2ccccc2)CC1. The maximum atomic E-state index is 7.13. The number of hydrogen-bond donors (Lipinski definition) is 0. The number of anilines is 1. The molecule has 17 heavy (non-hydrogen) atoms. The predicted octanol–water partition coefficient (Wildman–Crippen LogP) is 3.00. The van der Waals surface area contributed by atoms with Gasteiger partial charge in [-0.2, -0.15) is 0 Å². The topological polar surface area (TPSA) is 6.48 Å². The summed E-state index contributed by atoms with van der Waals surface area (Å²) in [6.45, 7) is 6.43. The maximum Gasteiger partial charge on any atom is 0.0367 e. The minimum atomic E-state index is 0.585. The smallest absolute Gasteiger partial charge is 0.0367 e. The molecule has 1 aromatic rings. The van der Waals surface area contributed by atoms with Gasteiger partial charge in [0.15, 0.2) is 0 Å². The molecule has 1 aliphatic rings. The summed E-state index contributed by atoms with van der Waals surface area (Å²) in [5.74, 6) is 0. The second kappa shape index (κ2) is 6.65. The summed E-state index contributed by atoms with van der Waals surface area (Å²) in [5, 5.41) is 0. The molecule has 1 saturated heterocycles. The molecule has 0 saturated carbocycles. The molecule has 2 rings (SSSR count). The first-order valence-electron chi connectivity index (χ1n) is 7.42. The first-order valence-corrected chi connectivity index (χ1v) is 6.72. The van der Waals surface area contributed by atoms with Crippen molar-refractivity contribution in [2.75, 3.05) is 37.6 Å². The fourth-order valence-electron chi connectivity index (χ4n) is 2.38. The van der Waals surface area contributed by atoms with Crippen LogP contribution >= 0.6 is 0 Å². The number of para-hydroxylation sites is 1. The lowest BCUT2D eigenvalue weighted by Gasteiger charge is -2.36. The molecule has 0 N–H and O–H groups in total. The largest absolute Gasteiger partial charge is 0.369 e. The molecule has 0 bridgehead atoms. The summed E-state index contributed by atoms with van der Waals surface area (Å²) in [5.41, 5.74) is 1.35. The second-order valence-corrected chi connectivity index (χ2v) is 4.72. The molecule has 2 heteroatoms. The van der Waals surface area contributed by atoms with Gasteiger partial charge in [0.25, 0.3) is 0 Å². The van der Waals surface area contributed by atoms with Crippen LogP contribution in [0.1, 0.15) is 27.5 Å². The Hall–Kier alpha value is -1.02. The van der Waals surface area contributed by atoms with E-state index in [0.29, 0.717) is 6.90 Å². The predicted molar refractivity (Wildman–Crippen MR) is 74.6 cm³/mol. The fraction of sp³-hybridized carbons (Fsp3) is 0.600. The Bertz CT molecular complexity index is 321. The number of benzene rings is 1. The zero-order chi connectivity index (χ0) is 12.6. The van der Waals surface area contributed by atoms with Crippen molar-refractivity contribution in [3.8, 4) is 0 Å². The quantitative estimate of drug-likeness (QED) is 0.721. The summed E-state index contributed by atoms with van der Waals surface area (Å²) < 4.78 is 7.13. The highest BCUT2D eigenvalue weighted by molar-refractivity contribution is 5.46. The van der Waals surface area contributed by atoms with E-state index in [4.69, 9.17) is 1.37 Å². The van der Waals surface area contributed by atoms with Crippen LogP contribution in [0.4, 0.5) is 5.69 Å². The van der Waals surface area contributed by atoms with E-state index >= 15 is 0 Å². The lowest BCUT2D eigenvalue weighted by atomic mass is 10.2. The molecule has 0 spiro atoms. The van der Waals surface area contributed by atoms with Crippen molar-refractivity contribution in [1.29, 1.82) is 0 Å². The average Bonchev–Trinajstić information content (AvgIpc) is 2.45. The molecule has 1 heterocycles. The highest BCUT2D eigenvalue weighted by Crippen LogP contribution is 2.15. The number of rotatable bonds is 5. The van der Waals surface area contributed by atoms with Crippen LogP contribution in [0.5, 0.6) is 0 Å². The normalized spacial score (nSPS) is 18.1. The third-order valence-corrected chi connectivity index (χ3v) is 3.47. The van der Waals surface area contributed by atoms with E-state index in [9.17, 15) is 0 Å². The Balaban J connectivity index is 1.68. The van der Waals surface area contributed by atoms with Crippen LogP contribution in [-0.4, -0.2) is 37.6 Å². The average molecular weight is 233 g/mol. The molecule has 0 radical (unpaired) electrons. The Labute approximate surface area is 107 Å². The summed E-state index contributed by atoms with van der Waals surface area (Å²) in [7, 11) is 0. The van der Waals surface area contributed by atoms with Crippen molar-refractivity contribution in [2.24, 2.45) is 0 Å². The van der Waals surface area contributed by atoms with Gasteiger partial charge in [-0.15, -0.1) is 0 Å². The summed E-state index contributed by atoms with van der Waals surface area (Å²) in [4.78, 5) is 5.03. The van der Waals surface area contributed by atoms with Gasteiger partial charge in [-0.05, 0) is 25.1 Å². The van der Waals surface area contributed by atoms with Crippen LogP contribution in [0.2, 0.25) is 0 Å². The minimum Gasteiger partial charge on any atom is -0.369 e. The molecule has 1 aromatic carbocycles. The molecule has 2 nitrogen and oxygen atoms in total. The molecule has 0 aromatic heterocycles. The third kappa shape index (κ3) is 3.74. The van der Waals surface area contributed by atoms with Gasteiger partial charge in [-0.1, -0.05) is 37.9 Å². The van der Waals surface area contributed by atoms with E-state index in [2.05, 4.69) is 40.1 Å². The van der Waals surface area contributed by atoms with Crippen molar-refractivity contribution in [3.05, 3.63) is 30.3 Å². The van der Waals surface area contributed by atoms with E-state index in [0.717, 1.165) is 19.5 Å². The van der Waals surface area contributed by atoms with Gasteiger partial charge < -0.3 is 4.90 Å². The zero-order valence-corrected chi connectivity index (χ0v) is 10.6. The Morgan fingerprint density at radius 3 is 2.53 bits per heavy atom. The monoisotopic (exact) mass is 233 g/mol. The van der Waals surface area contributed by atoms with E-state index in [1.165, 1.54) is 38.2 Å². The highest BCUT2D eigenvalue weighted by atomic mass is 15.3. The molecule has 0 aliphatic carbocycles. The minimum absolute atomic E-state index is 0.585. The van der Waals surface area contributed by atoms with Crippen molar-refractivity contribution < 1.29 is 1.37 Å². The Morgan fingerprint density at radius 1 is 1.06 bits per heavy atom. The van der Waals surface area contributed by atoms with Gasteiger partial charge in [-0.25, -0.2) is 0 Å². The highest BCUT2D eigenvalue weighted by Gasteiger charge is 2.16. The zero-order valence-electron chi connectivity index (χ0n) is 11.6. The summed E-state index contributed by atoms with van der Waals surface area (Å²) in [6, 6.07) is 10.7. The van der Waals surface area contributed by atoms with Crippen molar-refractivity contribution in [3.63, 3.8) is 0 Å². The van der Waals surface area contributed by atoms with Gasteiger partial charge in [-0.3, -0.25) is 4.90 Å². The standard InChI is InChI=1S/C15H24N2/c1-2-3-7-10-16-11-13-17(14-12-16)15-8-5-4-6-9-15/h4-6,8-9H,2-3,7,10-14H2,1H3/i1D. The number of nitrogens with zero attached hydrogens (tertiary/aromatic N) is 2. The molecular formula is C15H24N2. The van der Waals surface area contributed by atoms with Crippen LogP contribution in [-0.2, 0) is 0 Å². The van der Waals surface area contributed by atoms with Crippen LogP contribution in [0.15, 0.2) is 30.3 Å². The molecular weight excluding hydrogens is 208 g/mol. The van der Waals surface area contributed by atoms with Crippen molar-refractivity contribution >= 4 is 5.69 Å². The van der Waals surface area contributed by atoms with E-state index < -0.39 is 0 Å². The van der Waals surface area contributed by atoms with Crippen LogP contribution in [0.3, 0.4) is 0 Å². The molecule has 0 amide bonds. The third-order valence-electron chi connectivity index (χ3n) is 3.47. The molecule has 1 fully saturated rings. The lowest BCUT2D eigenvalue weighted by Crippen LogP contribution is -2.46. The molecule has 1 aliphatic heterocycles. The second-order valence-electron chi connectivity index (χ2n) is 4.72. The van der Waals surface area contributed by atoms with Gasteiger partial charge in [0.1, 0.15) is 0 Å². The van der Waals surface area contributed by atoms with E-state index in [1.54, 1.807) is 0 Å². The molecule has 0 atom stereocenters. The van der Waals surface area contributed by atoms with Crippen molar-refractivity contribution in [1.82, 2.24) is 4.90 Å². The summed E-state index contributed by atoms with van der Waals surface area (Å²) in [6.07, 6.45) is 3.52. The number of piperazine rings is 1. The van der Waals surface area contributed by atoms with E-state index in [1.807, 2.05) is 0 Å². The maximum absolute atomic E-state index is 7.13. The lowest BCUT2D eigenvalue weighted by molar-refractivity contribution is 0.252. The summed E-state index contributed by atoms with van der Waals surface area (Å²) >= 11 is 0. The van der Waals surface area contributed by atoms with Crippen molar-refractivity contribution in [2.45, 2.75) is 26.2 Å². The Morgan fingerprint density at radius 2 is 1.82 bits per heavy atom. The van der Waals surface area contributed by atoms with Gasteiger partial charge in [0.05, 0.1) is 0 Å². The van der Waals surface area contributed by atoms with Gasteiger partial charge >= 0.3 is 0 Å². The number of hydrogen-bond acceptors (Lipinski definition) is 2. The van der Waals surface area contributed by atoms with Crippen LogP contribution < -0.4 is 4.90 Å². The van der Waals surface area contributed by atoms with Crippen LogP contribution in [0, 0.1) is 0 Å². The van der Waals surface area contributed by atoms with Gasteiger partial charge in [0.2, 0.25) is 0 Å².